The molecule has 0 aliphatic carbocycles. The highest BCUT2D eigenvalue weighted by molar-refractivity contribution is 7.22. The van der Waals surface area contributed by atoms with Crippen molar-refractivity contribution < 1.29 is 0 Å². The fourth-order valence-corrected chi connectivity index (χ4v) is 4.58. The molecule has 0 spiro atoms. The lowest BCUT2D eigenvalue weighted by atomic mass is 9.95. The summed E-state index contributed by atoms with van der Waals surface area (Å²) in [5.74, 6) is 0.733. The van der Waals surface area contributed by atoms with Crippen molar-refractivity contribution in [1.29, 1.82) is 0 Å². The smallest absolute Gasteiger partial charge is 0.223 e. The second-order valence-corrected chi connectivity index (χ2v) is 7.78. The van der Waals surface area contributed by atoms with E-state index >= 15 is 0 Å². The fourth-order valence-electron chi connectivity index (χ4n) is 3.55. The molecule has 0 amide bonds. The molecule has 1 fully saturated rings. The molecule has 1 aromatic carbocycles. The predicted octanol–water partition coefficient (Wildman–Crippen LogP) is 4.30. The summed E-state index contributed by atoms with van der Waals surface area (Å²) in [5.41, 5.74) is 0.990. The Bertz CT molecular complexity index is 801. The molecule has 0 saturated carbocycles. The standard InChI is InChI=1S/C19H22N4S/c1-12-9-15(10-13(2)21-12)22-19-20-8-7-16(23-19)18-11-14-5-3-4-6-17(14)24-18/h3-8,11-13,15,21H,9-10H2,1-2H3,(H,20,22,23). The number of nitrogens with one attached hydrogen (secondary N) is 2. The van der Waals surface area contributed by atoms with Crippen molar-refractivity contribution in [2.24, 2.45) is 0 Å². The Labute approximate surface area is 146 Å². The van der Waals surface area contributed by atoms with E-state index in [1.54, 1.807) is 11.3 Å². The van der Waals surface area contributed by atoms with E-state index in [9.17, 15) is 0 Å². The fraction of sp³-hybridized carbons (Fsp3) is 0.368. The number of anilines is 1. The highest BCUT2D eigenvalue weighted by Gasteiger charge is 2.23. The first kappa shape index (κ1) is 15.5. The van der Waals surface area contributed by atoms with E-state index in [1.165, 1.54) is 15.0 Å². The molecule has 1 saturated heterocycles. The Balaban J connectivity index is 1.57. The lowest BCUT2D eigenvalue weighted by molar-refractivity contribution is 0.329. The molecule has 2 unspecified atom stereocenters. The van der Waals surface area contributed by atoms with Crippen molar-refractivity contribution in [2.75, 3.05) is 5.32 Å². The summed E-state index contributed by atoms with van der Waals surface area (Å²) in [6.07, 6.45) is 4.05. The summed E-state index contributed by atoms with van der Waals surface area (Å²) < 4.78 is 1.29. The van der Waals surface area contributed by atoms with Crippen LogP contribution in [0.1, 0.15) is 26.7 Å². The number of thiophene rings is 1. The number of nitrogens with zero attached hydrogens (tertiary/aromatic N) is 2. The van der Waals surface area contributed by atoms with Crippen LogP contribution in [-0.4, -0.2) is 28.1 Å². The van der Waals surface area contributed by atoms with E-state index in [2.05, 4.69) is 59.8 Å². The molecule has 124 valence electrons. The molecule has 3 heterocycles. The Morgan fingerprint density at radius 1 is 1.12 bits per heavy atom. The first-order valence-electron chi connectivity index (χ1n) is 8.52. The molecule has 2 atom stereocenters. The van der Waals surface area contributed by atoms with E-state index < -0.39 is 0 Å². The van der Waals surface area contributed by atoms with E-state index in [1.807, 2.05) is 12.3 Å². The van der Waals surface area contributed by atoms with Gasteiger partial charge in [-0.3, -0.25) is 0 Å². The zero-order chi connectivity index (χ0) is 16.5. The Morgan fingerprint density at radius 2 is 1.92 bits per heavy atom. The van der Waals surface area contributed by atoms with Gasteiger partial charge in [-0.25, -0.2) is 9.97 Å². The lowest BCUT2D eigenvalue weighted by Crippen LogP contribution is -2.46. The molecule has 0 radical (unpaired) electrons. The minimum Gasteiger partial charge on any atom is -0.351 e. The quantitative estimate of drug-likeness (QED) is 0.747. The first-order chi connectivity index (χ1) is 11.7. The van der Waals surface area contributed by atoms with Crippen LogP contribution >= 0.6 is 11.3 Å². The number of piperidine rings is 1. The van der Waals surface area contributed by atoms with Gasteiger partial charge in [0.15, 0.2) is 0 Å². The maximum atomic E-state index is 4.75. The van der Waals surface area contributed by atoms with E-state index in [4.69, 9.17) is 4.98 Å². The van der Waals surface area contributed by atoms with E-state index in [-0.39, 0.29) is 0 Å². The number of aromatic nitrogens is 2. The zero-order valence-corrected chi connectivity index (χ0v) is 14.8. The SMILES string of the molecule is CC1CC(Nc2nccc(-c3cc4ccccc4s3)n2)CC(C)N1. The minimum atomic E-state index is 0.425. The van der Waals surface area contributed by atoms with Crippen LogP contribution in [0.5, 0.6) is 0 Å². The number of rotatable bonds is 3. The molecule has 1 aliphatic heterocycles. The molecule has 4 nitrogen and oxygen atoms in total. The summed E-state index contributed by atoms with van der Waals surface area (Å²) in [4.78, 5) is 10.4. The second-order valence-electron chi connectivity index (χ2n) is 6.70. The van der Waals surface area contributed by atoms with Crippen LogP contribution < -0.4 is 10.6 Å². The minimum absolute atomic E-state index is 0.425. The van der Waals surface area contributed by atoms with Gasteiger partial charge in [-0.15, -0.1) is 11.3 Å². The third-order valence-corrected chi connectivity index (χ3v) is 5.65. The summed E-state index contributed by atoms with van der Waals surface area (Å²) in [6.45, 7) is 4.47. The van der Waals surface area contributed by atoms with Crippen LogP contribution in [0, 0.1) is 0 Å². The predicted molar refractivity (Wildman–Crippen MR) is 102 cm³/mol. The largest absolute Gasteiger partial charge is 0.351 e. The maximum absolute atomic E-state index is 4.75. The van der Waals surface area contributed by atoms with Crippen molar-refractivity contribution in [3.05, 3.63) is 42.6 Å². The summed E-state index contributed by atoms with van der Waals surface area (Å²) >= 11 is 1.78. The van der Waals surface area contributed by atoms with Gasteiger partial charge in [0, 0.05) is 29.0 Å². The molecule has 2 N–H and O–H groups in total. The maximum Gasteiger partial charge on any atom is 0.223 e. The second kappa shape index (κ2) is 6.49. The van der Waals surface area contributed by atoms with Crippen molar-refractivity contribution in [3.8, 4) is 10.6 Å². The van der Waals surface area contributed by atoms with E-state index in [0.29, 0.717) is 18.1 Å². The molecule has 4 rings (SSSR count). The van der Waals surface area contributed by atoms with Crippen LogP contribution in [0.3, 0.4) is 0 Å². The number of benzene rings is 1. The van der Waals surface area contributed by atoms with Gasteiger partial charge in [-0.2, -0.15) is 0 Å². The molecule has 2 aromatic heterocycles. The number of hydrogen-bond acceptors (Lipinski definition) is 5. The summed E-state index contributed by atoms with van der Waals surface area (Å²) in [6, 6.07) is 14.1. The molecule has 1 aliphatic rings. The zero-order valence-electron chi connectivity index (χ0n) is 14.0. The van der Waals surface area contributed by atoms with Crippen LogP contribution in [0.4, 0.5) is 5.95 Å². The Kier molecular flexibility index (Phi) is 4.21. The third-order valence-electron chi connectivity index (χ3n) is 4.51. The van der Waals surface area contributed by atoms with Gasteiger partial charge in [0.2, 0.25) is 5.95 Å². The van der Waals surface area contributed by atoms with Gasteiger partial charge in [-0.1, -0.05) is 18.2 Å². The average Bonchev–Trinajstić information content (AvgIpc) is 2.98. The Morgan fingerprint density at radius 3 is 2.71 bits per heavy atom. The van der Waals surface area contributed by atoms with Gasteiger partial charge in [0.25, 0.3) is 0 Å². The number of fused-ring (bicyclic) bond motifs is 1. The molecule has 3 aromatic rings. The highest BCUT2D eigenvalue weighted by atomic mass is 32.1. The lowest BCUT2D eigenvalue weighted by Gasteiger charge is -2.33. The van der Waals surface area contributed by atoms with Crippen LogP contribution in [0.2, 0.25) is 0 Å². The number of hydrogen-bond donors (Lipinski definition) is 2. The van der Waals surface area contributed by atoms with Gasteiger partial charge in [-0.05, 0) is 50.3 Å². The van der Waals surface area contributed by atoms with Crippen LogP contribution in [-0.2, 0) is 0 Å². The third kappa shape index (κ3) is 3.28. The molecule has 0 bridgehead atoms. The summed E-state index contributed by atoms with van der Waals surface area (Å²) in [7, 11) is 0. The van der Waals surface area contributed by atoms with Gasteiger partial charge in [0.1, 0.15) is 0 Å². The van der Waals surface area contributed by atoms with Crippen molar-refractivity contribution in [2.45, 2.75) is 44.8 Å². The molecular formula is C19H22N4S. The molecular weight excluding hydrogens is 316 g/mol. The van der Waals surface area contributed by atoms with E-state index in [0.717, 1.165) is 24.5 Å². The monoisotopic (exact) mass is 338 g/mol. The first-order valence-corrected chi connectivity index (χ1v) is 9.33. The Hall–Kier alpha value is -1.98. The summed E-state index contributed by atoms with van der Waals surface area (Å²) in [5, 5.41) is 8.37. The van der Waals surface area contributed by atoms with Crippen molar-refractivity contribution in [3.63, 3.8) is 0 Å². The van der Waals surface area contributed by atoms with Crippen molar-refractivity contribution >= 4 is 27.4 Å². The molecule has 5 heteroatoms. The van der Waals surface area contributed by atoms with Gasteiger partial charge < -0.3 is 10.6 Å². The average molecular weight is 338 g/mol. The van der Waals surface area contributed by atoms with Crippen LogP contribution in [0.15, 0.2) is 42.6 Å². The molecule has 24 heavy (non-hydrogen) atoms. The highest BCUT2D eigenvalue weighted by Crippen LogP contribution is 2.32. The normalized spacial score (nSPS) is 24.2. The van der Waals surface area contributed by atoms with Crippen molar-refractivity contribution in [1.82, 2.24) is 15.3 Å². The van der Waals surface area contributed by atoms with Gasteiger partial charge >= 0.3 is 0 Å². The van der Waals surface area contributed by atoms with Crippen LogP contribution in [0.25, 0.3) is 20.7 Å². The van der Waals surface area contributed by atoms with Gasteiger partial charge in [0.05, 0.1) is 10.6 Å². The topological polar surface area (TPSA) is 49.8 Å².